The fourth-order valence-corrected chi connectivity index (χ4v) is 2.44. The summed E-state index contributed by atoms with van der Waals surface area (Å²) in [6.07, 6.45) is 0.466. The van der Waals surface area contributed by atoms with Gasteiger partial charge in [0, 0.05) is 23.9 Å². The summed E-state index contributed by atoms with van der Waals surface area (Å²) in [6.45, 7) is 5.30. The molecule has 2 rings (SSSR count). The van der Waals surface area contributed by atoms with Gasteiger partial charge in [-0.1, -0.05) is 0 Å². The zero-order valence-corrected chi connectivity index (χ0v) is 10.3. The van der Waals surface area contributed by atoms with Gasteiger partial charge in [-0.25, -0.2) is 4.98 Å². The number of aryl methyl sites for hydroxylation is 1. The Bertz CT molecular complexity index is 378. The van der Waals surface area contributed by atoms with Crippen molar-refractivity contribution in [3.63, 3.8) is 0 Å². The van der Waals surface area contributed by atoms with Crippen molar-refractivity contribution >= 4 is 17.1 Å². The van der Waals surface area contributed by atoms with Crippen molar-refractivity contribution in [2.45, 2.75) is 32.4 Å². The first-order chi connectivity index (χ1) is 7.65. The summed E-state index contributed by atoms with van der Waals surface area (Å²) < 4.78 is 5.40. The second kappa shape index (κ2) is 5.03. The van der Waals surface area contributed by atoms with E-state index >= 15 is 0 Å². The molecule has 1 N–H and O–H groups in total. The number of hydrogen-bond acceptors (Lipinski definition) is 5. The maximum Gasteiger partial charge on any atom is 0.183 e. The third kappa shape index (κ3) is 2.87. The lowest BCUT2D eigenvalue weighted by atomic mass is 10.1. The molecule has 4 nitrogen and oxygen atoms in total. The molecule has 1 aromatic heterocycles. The zero-order valence-electron chi connectivity index (χ0n) is 9.53. The molecule has 5 heteroatoms. The van der Waals surface area contributed by atoms with E-state index in [4.69, 9.17) is 4.74 Å². The van der Waals surface area contributed by atoms with Crippen LogP contribution in [0.1, 0.15) is 28.8 Å². The highest BCUT2D eigenvalue weighted by Crippen LogP contribution is 2.12. The first kappa shape index (κ1) is 11.7. The summed E-state index contributed by atoms with van der Waals surface area (Å²) in [7, 11) is 0. The maximum absolute atomic E-state index is 11.9. The zero-order chi connectivity index (χ0) is 11.5. The molecule has 1 aromatic rings. The molecular formula is C11H16N2O2S. The number of morpholine rings is 1. The average Bonchev–Trinajstić information content (AvgIpc) is 2.65. The van der Waals surface area contributed by atoms with E-state index in [0.29, 0.717) is 24.8 Å². The summed E-state index contributed by atoms with van der Waals surface area (Å²) >= 11 is 1.51. The fourth-order valence-electron chi connectivity index (χ4n) is 1.82. The number of carbonyl (C=O) groups is 1. The topological polar surface area (TPSA) is 51.2 Å². The van der Waals surface area contributed by atoms with Crippen LogP contribution in [0.4, 0.5) is 0 Å². The monoisotopic (exact) mass is 240 g/mol. The van der Waals surface area contributed by atoms with E-state index in [9.17, 15) is 4.79 Å². The number of thiazole rings is 1. The molecular weight excluding hydrogens is 224 g/mol. The Hall–Kier alpha value is -0.780. The van der Waals surface area contributed by atoms with E-state index < -0.39 is 0 Å². The highest BCUT2D eigenvalue weighted by Gasteiger charge is 2.22. The lowest BCUT2D eigenvalue weighted by molar-refractivity contribution is 0.0463. The number of aromatic nitrogens is 1. The number of nitrogens with zero attached hydrogens (tertiary/aromatic N) is 1. The molecule has 1 fully saturated rings. The van der Waals surface area contributed by atoms with Crippen LogP contribution < -0.4 is 5.32 Å². The van der Waals surface area contributed by atoms with Crippen LogP contribution in [0, 0.1) is 6.92 Å². The Kier molecular flexibility index (Phi) is 3.68. The smallest absolute Gasteiger partial charge is 0.183 e. The summed E-state index contributed by atoms with van der Waals surface area (Å²) in [6, 6.07) is 0.446. The van der Waals surface area contributed by atoms with Crippen molar-refractivity contribution in [3.05, 3.63) is 16.1 Å². The van der Waals surface area contributed by atoms with E-state index in [2.05, 4.69) is 17.2 Å². The molecule has 1 aliphatic heterocycles. The Morgan fingerprint density at radius 2 is 2.50 bits per heavy atom. The van der Waals surface area contributed by atoms with Crippen molar-refractivity contribution in [3.8, 4) is 0 Å². The van der Waals surface area contributed by atoms with Crippen LogP contribution in [0.5, 0.6) is 0 Å². The molecule has 0 bridgehead atoms. The van der Waals surface area contributed by atoms with Gasteiger partial charge in [-0.05, 0) is 13.8 Å². The van der Waals surface area contributed by atoms with Gasteiger partial charge >= 0.3 is 0 Å². The molecule has 2 heterocycles. The van der Waals surface area contributed by atoms with E-state index in [0.717, 1.165) is 11.6 Å². The highest BCUT2D eigenvalue weighted by molar-refractivity contribution is 7.09. The lowest BCUT2D eigenvalue weighted by Crippen LogP contribution is -2.48. The van der Waals surface area contributed by atoms with E-state index in [1.54, 1.807) is 0 Å². The van der Waals surface area contributed by atoms with Gasteiger partial charge < -0.3 is 10.1 Å². The Labute approximate surface area is 99.0 Å². The van der Waals surface area contributed by atoms with Crippen molar-refractivity contribution in [2.75, 3.05) is 13.2 Å². The van der Waals surface area contributed by atoms with E-state index in [1.165, 1.54) is 11.3 Å². The second-order valence-electron chi connectivity index (χ2n) is 4.18. The third-order valence-electron chi connectivity index (χ3n) is 2.54. The van der Waals surface area contributed by atoms with Crippen LogP contribution in [0.3, 0.4) is 0 Å². The summed E-state index contributed by atoms with van der Waals surface area (Å²) in [5.41, 5.74) is 0.586. The molecule has 0 aliphatic carbocycles. The number of ketones is 1. The molecule has 0 radical (unpaired) electrons. The first-order valence-electron chi connectivity index (χ1n) is 5.44. The number of carbonyl (C=O) groups excluding carboxylic acids is 1. The number of rotatable bonds is 3. The standard InChI is InChI=1S/C11H16N2O2S/c1-7-4-15-5-9(12-7)3-11(14)10-6-16-8(2)13-10/h6-7,9,12H,3-5H2,1-2H3. The molecule has 2 unspecified atom stereocenters. The van der Waals surface area contributed by atoms with Crippen LogP contribution in [-0.2, 0) is 4.74 Å². The van der Waals surface area contributed by atoms with Crippen molar-refractivity contribution < 1.29 is 9.53 Å². The van der Waals surface area contributed by atoms with Crippen LogP contribution in [0.2, 0.25) is 0 Å². The number of Topliss-reactive ketones (excluding diaryl/α,β-unsaturated/α-hetero) is 1. The second-order valence-corrected chi connectivity index (χ2v) is 5.24. The van der Waals surface area contributed by atoms with Crippen LogP contribution in [0.25, 0.3) is 0 Å². The predicted octanol–water partition coefficient (Wildman–Crippen LogP) is 1.40. The summed E-state index contributed by atoms with van der Waals surface area (Å²) in [4.78, 5) is 16.1. The third-order valence-corrected chi connectivity index (χ3v) is 3.32. The van der Waals surface area contributed by atoms with Gasteiger partial charge in [0.05, 0.1) is 18.2 Å². The predicted molar refractivity (Wildman–Crippen MR) is 63.0 cm³/mol. The molecule has 0 amide bonds. The SMILES string of the molecule is Cc1nc(C(=O)CC2COCC(C)N2)cs1. The highest BCUT2D eigenvalue weighted by atomic mass is 32.1. The average molecular weight is 240 g/mol. The van der Waals surface area contributed by atoms with Gasteiger partial charge in [-0.3, -0.25) is 4.79 Å². The number of ether oxygens (including phenoxy) is 1. The minimum Gasteiger partial charge on any atom is -0.378 e. The van der Waals surface area contributed by atoms with Crippen LogP contribution >= 0.6 is 11.3 Å². The molecule has 0 aromatic carbocycles. The minimum absolute atomic E-state index is 0.0968. The molecule has 1 aliphatic rings. The van der Waals surface area contributed by atoms with E-state index in [1.807, 2.05) is 12.3 Å². The lowest BCUT2D eigenvalue weighted by Gasteiger charge is -2.28. The van der Waals surface area contributed by atoms with Gasteiger partial charge in [0.25, 0.3) is 0 Å². The number of hydrogen-bond donors (Lipinski definition) is 1. The molecule has 88 valence electrons. The Morgan fingerprint density at radius 3 is 3.12 bits per heavy atom. The molecule has 1 saturated heterocycles. The normalized spacial score (nSPS) is 25.6. The van der Waals surface area contributed by atoms with Gasteiger partial charge in [-0.15, -0.1) is 11.3 Å². The quantitative estimate of drug-likeness (QED) is 0.811. The largest absolute Gasteiger partial charge is 0.378 e. The maximum atomic E-state index is 11.9. The first-order valence-corrected chi connectivity index (χ1v) is 6.32. The fraction of sp³-hybridized carbons (Fsp3) is 0.636. The molecule has 0 saturated carbocycles. The van der Waals surface area contributed by atoms with E-state index in [-0.39, 0.29) is 11.8 Å². The summed E-state index contributed by atoms with van der Waals surface area (Å²) in [5, 5.41) is 6.11. The molecule has 2 atom stereocenters. The van der Waals surface area contributed by atoms with Gasteiger partial charge in [0.1, 0.15) is 5.69 Å². The van der Waals surface area contributed by atoms with Gasteiger partial charge in [0.2, 0.25) is 0 Å². The van der Waals surface area contributed by atoms with Crippen LogP contribution in [0.15, 0.2) is 5.38 Å². The van der Waals surface area contributed by atoms with Gasteiger partial charge in [-0.2, -0.15) is 0 Å². The van der Waals surface area contributed by atoms with Crippen molar-refractivity contribution in [1.29, 1.82) is 0 Å². The Balaban J connectivity index is 1.92. The number of nitrogens with one attached hydrogen (secondary N) is 1. The molecule has 16 heavy (non-hydrogen) atoms. The summed E-state index contributed by atoms with van der Waals surface area (Å²) in [5.74, 6) is 0.0968. The van der Waals surface area contributed by atoms with Crippen molar-refractivity contribution in [1.82, 2.24) is 10.3 Å². The Morgan fingerprint density at radius 1 is 1.69 bits per heavy atom. The van der Waals surface area contributed by atoms with Crippen molar-refractivity contribution in [2.24, 2.45) is 0 Å². The van der Waals surface area contributed by atoms with Crippen LogP contribution in [-0.4, -0.2) is 36.1 Å². The van der Waals surface area contributed by atoms with Gasteiger partial charge in [0.15, 0.2) is 5.78 Å². The minimum atomic E-state index is 0.0968. The molecule has 0 spiro atoms.